The van der Waals surface area contributed by atoms with Gasteiger partial charge in [-0.3, -0.25) is 0 Å². The number of thioether (sulfide) groups is 1. The van der Waals surface area contributed by atoms with Crippen molar-refractivity contribution in [3.05, 3.63) is 29.3 Å². The van der Waals surface area contributed by atoms with E-state index in [9.17, 15) is 0 Å². The molecule has 3 rings (SSSR count). The summed E-state index contributed by atoms with van der Waals surface area (Å²) in [7, 11) is 0. The van der Waals surface area contributed by atoms with E-state index in [-0.39, 0.29) is 0 Å². The molecular weight excluding hydrogens is 272 g/mol. The van der Waals surface area contributed by atoms with E-state index in [0.717, 1.165) is 12.1 Å². The van der Waals surface area contributed by atoms with E-state index < -0.39 is 0 Å². The Morgan fingerprint density at radius 2 is 2.26 bits per heavy atom. The number of thiazole rings is 1. The van der Waals surface area contributed by atoms with Crippen LogP contribution in [0.1, 0.15) is 37.7 Å². The van der Waals surface area contributed by atoms with Gasteiger partial charge >= 0.3 is 0 Å². The summed E-state index contributed by atoms with van der Waals surface area (Å²) >= 11 is 3.91. The number of para-hydroxylation sites is 1. The summed E-state index contributed by atoms with van der Waals surface area (Å²) in [6.07, 6.45) is 2.69. The smallest absolute Gasteiger partial charge is 0.111 e. The topological polar surface area (TPSA) is 24.9 Å². The lowest BCUT2D eigenvalue weighted by Crippen LogP contribution is -2.34. The van der Waals surface area contributed by atoms with Gasteiger partial charge in [0.05, 0.1) is 16.3 Å². The average Bonchev–Trinajstić information content (AvgIpc) is 3.02. The maximum Gasteiger partial charge on any atom is 0.111 e. The van der Waals surface area contributed by atoms with Crippen LogP contribution in [0.3, 0.4) is 0 Å². The summed E-state index contributed by atoms with van der Waals surface area (Å²) in [6, 6.07) is 8.72. The normalized spacial score (nSPS) is 24.9. The fraction of sp³-hybridized carbons (Fsp3) is 0.533. The van der Waals surface area contributed by atoms with Gasteiger partial charge in [0.15, 0.2) is 0 Å². The molecule has 4 heteroatoms. The van der Waals surface area contributed by atoms with Gasteiger partial charge in [-0.05, 0) is 44.6 Å². The second-order valence-corrected chi connectivity index (χ2v) is 8.27. The van der Waals surface area contributed by atoms with Gasteiger partial charge in [0, 0.05) is 11.3 Å². The van der Waals surface area contributed by atoms with Crippen molar-refractivity contribution in [3.8, 4) is 0 Å². The molecule has 102 valence electrons. The summed E-state index contributed by atoms with van der Waals surface area (Å²) in [5, 5.41) is 4.87. The van der Waals surface area contributed by atoms with Crippen molar-refractivity contribution in [2.75, 3.05) is 12.3 Å². The average molecular weight is 292 g/mol. The first-order valence-corrected chi connectivity index (χ1v) is 8.69. The molecule has 19 heavy (non-hydrogen) atoms. The summed E-state index contributed by atoms with van der Waals surface area (Å²) < 4.78 is 1.71. The van der Waals surface area contributed by atoms with Gasteiger partial charge in [-0.2, -0.15) is 11.8 Å². The van der Waals surface area contributed by atoms with Crippen molar-refractivity contribution in [1.82, 2.24) is 10.3 Å². The number of aromatic nitrogens is 1. The van der Waals surface area contributed by atoms with Crippen LogP contribution in [0.5, 0.6) is 0 Å². The molecule has 1 aliphatic heterocycles. The van der Waals surface area contributed by atoms with Crippen LogP contribution in [0.4, 0.5) is 0 Å². The molecule has 0 aliphatic carbocycles. The number of hydrogen-bond donors (Lipinski definition) is 1. The molecule has 2 heterocycles. The fourth-order valence-corrected chi connectivity index (χ4v) is 4.76. The minimum Gasteiger partial charge on any atom is -0.307 e. The maximum absolute atomic E-state index is 4.73. The Balaban J connectivity index is 1.68. The molecule has 1 aromatic heterocycles. The van der Waals surface area contributed by atoms with Gasteiger partial charge in [-0.1, -0.05) is 12.1 Å². The first-order valence-electron chi connectivity index (χ1n) is 6.89. The van der Waals surface area contributed by atoms with Gasteiger partial charge in [0.1, 0.15) is 5.01 Å². The zero-order valence-corrected chi connectivity index (χ0v) is 13.1. The predicted molar refractivity (Wildman–Crippen MR) is 86.1 cm³/mol. The van der Waals surface area contributed by atoms with Crippen molar-refractivity contribution in [2.24, 2.45) is 0 Å². The van der Waals surface area contributed by atoms with Crippen LogP contribution in [0.15, 0.2) is 24.3 Å². The lowest BCUT2D eigenvalue weighted by atomic mass is 10.1. The van der Waals surface area contributed by atoms with Crippen LogP contribution in [0, 0.1) is 0 Å². The molecule has 0 radical (unpaired) electrons. The van der Waals surface area contributed by atoms with Gasteiger partial charge < -0.3 is 5.32 Å². The number of benzene rings is 1. The lowest BCUT2D eigenvalue weighted by molar-refractivity contribution is 0.490. The van der Waals surface area contributed by atoms with Crippen molar-refractivity contribution in [1.29, 1.82) is 0 Å². The number of nitrogens with one attached hydrogen (secondary N) is 1. The lowest BCUT2D eigenvalue weighted by Gasteiger charge is -2.25. The molecule has 2 nitrogen and oxygen atoms in total. The molecule has 0 spiro atoms. The van der Waals surface area contributed by atoms with Crippen LogP contribution in [0.25, 0.3) is 10.2 Å². The van der Waals surface area contributed by atoms with Gasteiger partial charge in [0.2, 0.25) is 0 Å². The number of fused-ring (bicyclic) bond motifs is 1. The Hall–Kier alpha value is -0.580. The Morgan fingerprint density at radius 1 is 1.42 bits per heavy atom. The SMILES string of the molecule is CC(NCC1(C)CCCS1)c1nc2ccccc2s1. The van der Waals surface area contributed by atoms with Crippen molar-refractivity contribution in [2.45, 2.75) is 37.5 Å². The summed E-state index contributed by atoms with van der Waals surface area (Å²) in [5.74, 6) is 1.31. The summed E-state index contributed by atoms with van der Waals surface area (Å²) in [6.45, 7) is 5.68. The Kier molecular flexibility index (Phi) is 3.83. The predicted octanol–water partition coefficient (Wildman–Crippen LogP) is 4.23. The Morgan fingerprint density at radius 3 is 3.00 bits per heavy atom. The Bertz CT molecular complexity index is 525. The minimum atomic E-state index is 0.343. The minimum absolute atomic E-state index is 0.343. The highest BCUT2D eigenvalue weighted by Crippen LogP contribution is 2.37. The number of hydrogen-bond acceptors (Lipinski definition) is 4. The molecule has 2 unspecified atom stereocenters. The first kappa shape index (κ1) is 13.4. The standard InChI is InChI=1S/C15H20N2S2/c1-11(16-10-15(2)8-5-9-18-15)14-17-12-6-3-4-7-13(12)19-14/h3-4,6-7,11,16H,5,8-10H2,1-2H3. The second kappa shape index (κ2) is 5.43. The van der Waals surface area contributed by atoms with Crippen LogP contribution >= 0.6 is 23.1 Å². The second-order valence-electron chi connectivity index (χ2n) is 5.52. The van der Waals surface area contributed by atoms with Gasteiger partial charge in [-0.25, -0.2) is 4.98 Å². The number of nitrogens with zero attached hydrogens (tertiary/aromatic N) is 1. The highest BCUT2D eigenvalue weighted by atomic mass is 32.2. The van der Waals surface area contributed by atoms with Crippen LogP contribution in [0.2, 0.25) is 0 Å². The van der Waals surface area contributed by atoms with E-state index in [1.807, 2.05) is 0 Å². The van der Waals surface area contributed by atoms with E-state index in [0.29, 0.717) is 10.8 Å². The molecule has 2 atom stereocenters. The molecule has 2 aromatic rings. The van der Waals surface area contributed by atoms with Crippen molar-refractivity contribution in [3.63, 3.8) is 0 Å². The first-order chi connectivity index (χ1) is 9.16. The van der Waals surface area contributed by atoms with Crippen LogP contribution in [-0.2, 0) is 0 Å². The molecule has 0 bridgehead atoms. The molecule has 0 amide bonds. The van der Waals surface area contributed by atoms with Crippen molar-refractivity contribution < 1.29 is 0 Å². The van der Waals surface area contributed by atoms with Gasteiger partial charge in [-0.15, -0.1) is 11.3 Å². The van der Waals surface area contributed by atoms with E-state index >= 15 is 0 Å². The quantitative estimate of drug-likeness (QED) is 0.912. The monoisotopic (exact) mass is 292 g/mol. The molecule has 1 aromatic carbocycles. The summed E-state index contributed by atoms with van der Waals surface area (Å²) in [4.78, 5) is 4.73. The highest BCUT2D eigenvalue weighted by molar-refractivity contribution is 8.00. The third-order valence-corrected chi connectivity index (χ3v) is 6.52. The maximum atomic E-state index is 4.73. The molecule has 1 saturated heterocycles. The van der Waals surface area contributed by atoms with E-state index in [1.54, 1.807) is 11.3 Å². The Labute approximate surface area is 123 Å². The molecular formula is C15H20N2S2. The van der Waals surface area contributed by atoms with Crippen LogP contribution < -0.4 is 5.32 Å². The summed E-state index contributed by atoms with van der Waals surface area (Å²) in [5.41, 5.74) is 1.12. The molecule has 1 aliphatic rings. The van der Waals surface area contributed by atoms with E-state index in [2.05, 4.69) is 55.2 Å². The third-order valence-electron chi connectivity index (χ3n) is 3.76. The van der Waals surface area contributed by atoms with E-state index in [4.69, 9.17) is 4.98 Å². The molecule has 1 N–H and O–H groups in total. The zero-order valence-electron chi connectivity index (χ0n) is 11.5. The van der Waals surface area contributed by atoms with Crippen molar-refractivity contribution >= 4 is 33.3 Å². The largest absolute Gasteiger partial charge is 0.307 e. The third kappa shape index (κ3) is 2.96. The van der Waals surface area contributed by atoms with Gasteiger partial charge in [0.25, 0.3) is 0 Å². The zero-order chi connectivity index (χ0) is 13.3. The molecule has 1 fully saturated rings. The highest BCUT2D eigenvalue weighted by Gasteiger charge is 2.29. The number of rotatable bonds is 4. The fourth-order valence-electron chi connectivity index (χ4n) is 2.51. The molecule has 0 saturated carbocycles. The van der Waals surface area contributed by atoms with Crippen LogP contribution in [-0.4, -0.2) is 22.0 Å². The van der Waals surface area contributed by atoms with E-state index in [1.165, 1.54) is 28.3 Å².